The number of methoxy groups -OCH3 is 1. The highest BCUT2D eigenvalue weighted by atomic mass is 35.5. The fourth-order valence-electron chi connectivity index (χ4n) is 1.34. The van der Waals surface area contributed by atoms with Gasteiger partial charge >= 0.3 is 5.69 Å². The number of nitrogens with zero attached hydrogens (tertiary/aromatic N) is 2. The zero-order chi connectivity index (χ0) is 13.0. The number of nitro benzene ring substituents is 1. The second kappa shape index (κ2) is 6.64. The standard InChI is InChI=1S/C10H11N3O4.ClH/c1-17-9-5-6(7(12)2-3-11)4-8(10(9)14)13(15)16;/h4-5,7,14H,2,12H2,1H3;1H/t7-;/m1./s1. The van der Waals surface area contributed by atoms with Crippen molar-refractivity contribution in [3.63, 3.8) is 0 Å². The van der Waals surface area contributed by atoms with Crippen molar-refractivity contribution in [1.82, 2.24) is 0 Å². The molecule has 1 aromatic carbocycles. The number of nitro groups is 1. The molecule has 0 radical (unpaired) electrons. The topological polar surface area (TPSA) is 122 Å². The summed E-state index contributed by atoms with van der Waals surface area (Å²) in [4.78, 5) is 9.97. The summed E-state index contributed by atoms with van der Waals surface area (Å²) in [5, 5.41) is 28.7. The van der Waals surface area contributed by atoms with Gasteiger partial charge in [0.25, 0.3) is 0 Å². The molecule has 0 aliphatic carbocycles. The number of benzene rings is 1. The van der Waals surface area contributed by atoms with Crippen molar-refractivity contribution in [2.75, 3.05) is 7.11 Å². The van der Waals surface area contributed by atoms with E-state index in [-0.39, 0.29) is 24.6 Å². The van der Waals surface area contributed by atoms with Crippen molar-refractivity contribution >= 4 is 18.1 Å². The van der Waals surface area contributed by atoms with Crippen molar-refractivity contribution in [3.05, 3.63) is 27.8 Å². The first-order chi connectivity index (χ1) is 8.01. The number of phenolic OH excluding ortho intramolecular Hbond substituents is 1. The van der Waals surface area contributed by atoms with Crippen LogP contribution in [-0.2, 0) is 0 Å². The van der Waals surface area contributed by atoms with Crippen molar-refractivity contribution in [1.29, 1.82) is 5.26 Å². The summed E-state index contributed by atoms with van der Waals surface area (Å²) in [6.45, 7) is 0. The van der Waals surface area contributed by atoms with E-state index in [4.69, 9.17) is 15.7 Å². The third kappa shape index (κ3) is 3.23. The van der Waals surface area contributed by atoms with E-state index in [1.807, 2.05) is 6.07 Å². The van der Waals surface area contributed by atoms with Crippen LogP contribution in [-0.4, -0.2) is 17.1 Å². The lowest BCUT2D eigenvalue weighted by Gasteiger charge is -2.11. The Bertz CT molecular complexity index is 487. The van der Waals surface area contributed by atoms with Crippen LogP contribution >= 0.6 is 12.4 Å². The van der Waals surface area contributed by atoms with E-state index < -0.39 is 22.4 Å². The van der Waals surface area contributed by atoms with E-state index in [2.05, 4.69) is 0 Å². The fourth-order valence-corrected chi connectivity index (χ4v) is 1.34. The molecule has 1 aromatic rings. The SMILES string of the molecule is COc1cc([C@H](N)CC#N)cc([N+](=O)[O-])c1O.Cl. The molecule has 7 nitrogen and oxygen atoms in total. The van der Waals surface area contributed by atoms with Crippen LogP contribution in [0.15, 0.2) is 12.1 Å². The van der Waals surface area contributed by atoms with Crippen LogP contribution in [0.2, 0.25) is 0 Å². The highest BCUT2D eigenvalue weighted by molar-refractivity contribution is 5.85. The van der Waals surface area contributed by atoms with Crippen LogP contribution in [0.1, 0.15) is 18.0 Å². The van der Waals surface area contributed by atoms with Gasteiger partial charge in [-0.2, -0.15) is 5.26 Å². The number of rotatable bonds is 4. The van der Waals surface area contributed by atoms with Crippen LogP contribution < -0.4 is 10.5 Å². The Hall–Kier alpha value is -2.04. The summed E-state index contributed by atoms with van der Waals surface area (Å²) < 4.78 is 4.81. The van der Waals surface area contributed by atoms with Crippen LogP contribution in [0.3, 0.4) is 0 Å². The molecule has 0 aliphatic rings. The van der Waals surface area contributed by atoms with Crippen LogP contribution in [0.25, 0.3) is 0 Å². The first kappa shape index (κ1) is 16.0. The van der Waals surface area contributed by atoms with Crippen molar-refractivity contribution in [2.24, 2.45) is 5.73 Å². The normalized spacial score (nSPS) is 10.9. The summed E-state index contributed by atoms with van der Waals surface area (Å²) in [5.41, 5.74) is 5.54. The number of phenols is 1. The van der Waals surface area contributed by atoms with Gasteiger partial charge in [-0.1, -0.05) is 0 Å². The molecule has 0 spiro atoms. The predicted molar refractivity (Wildman–Crippen MR) is 65.7 cm³/mol. The number of ether oxygens (including phenoxy) is 1. The van der Waals surface area contributed by atoms with Crippen molar-refractivity contribution in [3.8, 4) is 17.6 Å². The molecule has 0 aliphatic heterocycles. The molecule has 8 heteroatoms. The van der Waals surface area contributed by atoms with Gasteiger partial charge in [0.05, 0.1) is 24.5 Å². The maximum atomic E-state index is 10.7. The Morgan fingerprint density at radius 1 is 1.67 bits per heavy atom. The highest BCUT2D eigenvalue weighted by Crippen LogP contribution is 2.38. The fraction of sp³-hybridized carbons (Fsp3) is 0.300. The molecular formula is C10H12ClN3O4. The minimum absolute atomic E-state index is 0. The molecule has 1 atom stereocenters. The number of hydrogen-bond acceptors (Lipinski definition) is 6. The van der Waals surface area contributed by atoms with Crippen LogP contribution in [0.5, 0.6) is 11.5 Å². The minimum atomic E-state index is -0.736. The molecule has 0 aromatic heterocycles. The van der Waals surface area contributed by atoms with Gasteiger partial charge in [0.15, 0.2) is 5.75 Å². The molecule has 3 N–H and O–H groups in total. The smallest absolute Gasteiger partial charge is 0.314 e. The second-order valence-electron chi connectivity index (χ2n) is 3.32. The molecule has 98 valence electrons. The average Bonchev–Trinajstić information content (AvgIpc) is 2.29. The van der Waals surface area contributed by atoms with E-state index in [1.165, 1.54) is 13.2 Å². The van der Waals surface area contributed by atoms with Gasteiger partial charge in [0, 0.05) is 12.1 Å². The number of aromatic hydroxyl groups is 1. The van der Waals surface area contributed by atoms with Crippen LogP contribution in [0.4, 0.5) is 5.69 Å². The third-order valence-corrected chi connectivity index (χ3v) is 2.23. The summed E-state index contributed by atoms with van der Waals surface area (Å²) in [6.07, 6.45) is 0.0189. The Morgan fingerprint density at radius 2 is 2.28 bits per heavy atom. The van der Waals surface area contributed by atoms with Crippen LogP contribution in [0, 0.1) is 21.4 Å². The lowest BCUT2D eigenvalue weighted by molar-refractivity contribution is -0.386. The molecule has 0 saturated carbocycles. The molecule has 0 saturated heterocycles. The molecule has 0 amide bonds. The second-order valence-corrected chi connectivity index (χ2v) is 3.32. The largest absolute Gasteiger partial charge is 0.500 e. The average molecular weight is 274 g/mol. The Balaban J connectivity index is 0.00000289. The summed E-state index contributed by atoms with van der Waals surface area (Å²) in [7, 11) is 1.28. The van der Waals surface area contributed by atoms with Gasteiger partial charge in [-0.25, -0.2) is 0 Å². The minimum Gasteiger partial charge on any atom is -0.500 e. The number of halogens is 1. The Morgan fingerprint density at radius 3 is 2.72 bits per heavy atom. The molecule has 0 heterocycles. The van der Waals surface area contributed by atoms with Gasteiger partial charge in [-0.3, -0.25) is 10.1 Å². The van der Waals surface area contributed by atoms with Gasteiger partial charge < -0.3 is 15.6 Å². The summed E-state index contributed by atoms with van der Waals surface area (Å²) in [6, 6.07) is 3.73. The highest BCUT2D eigenvalue weighted by Gasteiger charge is 2.21. The van der Waals surface area contributed by atoms with Gasteiger partial charge in [-0.15, -0.1) is 12.4 Å². The molecule has 0 fully saturated rings. The van der Waals surface area contributed by atoms with E-state index >= 15 is 0 Å². The molecule has 18 heavy (non-hydrogen) atoms. The predicted octanol–water partition coefficient (Wildman–Crippen LogP) is 1.64. The van der Waals surface area contributed by atoms with E-state index in [1.54, 1.807) is 0 Å². The molecule has 0 unspecified atom stereocenters. The summed E-state index contributed by atoms with van der Waals surface area (Å²) in [5.74, 6) is -0.590. The lowest BCUT2D eigenvalue weighted by Crippen LogP contribution is -2.10. The zero-order valence-corrected chi connectivity index (χ0v) is 10.3. The Labute approximate surface area is 109 Å². The maximum absolute atomic E-state index is 10.7. The monoisotopic (exact) mass is 273 g/mol. The van der Waals surface area contributed by atoms with Gasteiger partial charge in [0.1, 0.15) is 0 Å². The molecule has 0 bridgehead atoms. The summed E-state index contributed by atoms with van der Waals surface area (Å²) >= 11 is 0. The number of nitriles is 1. The van der Waals surface area contributed by atoms with Gasteiger partial charge in [0.2, 0.25) is 5.75 Å². The number of nitrogens with two attached hydrogens (primary N) is 1. The zero-order valence-electron chi connectivity index (χ0n) is 9.49. The first-order valence-electron chi connectivity index (χ1n) is 4.69. The first-order valence-corrected chi connectivity index (χ1v) is 4.69. The maximum Gasteiger partial charge on any atom is 0.314 e. The van der Waals surface area contributed by atoms with Gasteiger partial charge in [-0.05, 0) is 11.6 Å². The number of hydrogen-bond donors (Lipinski definition) is 2. The molecule has 1 rings (SSSR count). The van der Waals surface area contributed by atoms with E-state index in [0.717, 1.165) is 6.07 Å². The van der Waals surface area contributed by atoms with E-state index in [0.29, 0.717) is 5.56 Å². The van der Waals surface area contributed by atoms with E-state index in [9.17, 15) is 15.2 Å². The van der Waals surface area contributed by atoms with Crippen molar-refractivity contribution < 1.29 is 14.8 Å². The Kier molecular flexibility index (Phi) is 5.88. The quantitative estimate of drug-likeness (QED) is 0.635. The molecular weight excluding hydrogens is 262 g/mol. The lowest BCUT2D eigenvalue weighted by atomic mass is 10.0. The third-order valence-electron chi connectivity index (χ3n) is 2.23. The van der Waals surface area contributed by atoms with Crippen molar-refractivity contribution in [2.45, 2.75) is 12.5 Å².